The number of fused-ring (bicyclic) bond motifs is 1. The van der Waals surface area contributed by atoms with Gasteiger partial charge < -0.3 is 0 Å². The quantitative estimate of drug-likeness (QED) is 0.728. The van der Waals surface area contributed by atoms with Gasteiger partial charge in [0.15, 0.2) is 15.6 Å². The van der Waals surface area contributed by atoms with Crippen molar-refractivity contribution in [3.63, 3.8) is 0 Å². The summed E-state index contributed by atoms with van der Waals surface area (Å²) in [5, 5.41) is 0. The molecule has 15 heavy (non-hydrogen) atoms. The predicted molar refractivity (Wildman–Crippen MR) is 56.8 cm³/mol. The lowest BCUT2D eigenvalue weighted by Crippen LogP contribution is -2.14. The highest BCUT2D eigenvalue weighted by Gasteiger charge is 2.23. The molecule has 80 valence electrons. The summed E-state index contributed by atoms with van der Waals surface area (Å²) in [5.74, 6) is 0.0572. The molecule has 1 aliphatic rings. The summed E-state index contributed by atoms with van der Waals surface area (Å²) in [4.78, 5) is 11.9. The monoisotopic (exact) mass is 224 g/mol. The first kappa shape index (κ1) is 10.4. The van der Waals surface area contributed by atoms with Crippen molar-refractivity contribution < 1.29 is 13.2 Å². The van der Waals surface area contributed by atoms with Crippen molar-refractivity contribution in [3.05, 3.63) is 29.3 Å². The van der Waals surface area contributed by atoms with Gasteiger partial charge in [0.1, 0.15) is 0 Å². The average Bonchev–Trinajstić information content (AvgIpc) is 2.16. The fourth-order valence-electron chi connectivity index (χ4n) is 1.99. The Labute approximate surface area is 89.0 Å². The molecule has 0 unspecified atom stereocenters. The van der Waals surface area contributed by atoms with E-state index in [9.17, 15) is 13.2 Å². The molecule has 1 aromatic rings. The van der Waals surface area contributed by atoms with Crippen molar-refractivity contribution in [2.75, 3.05) is 6.26 Å². The Hall–Kier alpha value is -1.16. The predicted octanol–water partition coefficient (Wildman–Crippen LogP) is 1.61. The van der Waals surface area contributed by atoms with Crippen LogP contribution in [0.25, 0.3) is 0 Å². The Morgan fingerprint density at radius 2 is 1.93 bits per heavy atom. The molecule has 0 saturated carbocycles. The molecule has 0 heterocycles. The van der Waals surface area contributed by atoms with Gasteiger partial charge in [-0.25, -0.2) is 8.42 Å². The first-order valence-corrected chi connectivity index (χ1v) is 6.74. The smallest absolute Gasteiger partial charge is 0.175 e. The summed E-state index contributed by atoms with van der Waals surface area (Å²) < 4.78 is 23.0. The fraction of sp³-hybridized carbons (Fsp3) is 0.364. The topological polar surface area (TPSA) is 51.2 Å². The van der Waals surface area contributed by atoms with Crippen LogP contribution in [0.2, 0.25) is 0 Å². The number of sulfone groups is 1. The van der Waals surface area contributed by atoms with Crippen molar-refractivity contribution in [1.29, 1.82) is 0 Å². The molecule has 0 atom stereocenters. The molecular formula is C11H12O3S. The molecule has 0 radical (unpaired) electrons. The van der Waals surface area contributed by atoms with Gasteiger partial charge in [0, 0.05) is 18.2 Å². The molecule has 0 fully saturated rings. The van der Waals surface area contributed by atoms with Crippen molar-refractivity contribution in [2.45, 2.75) is 24.2 Å². The Morgan fingerprint density at radius 3 is 2.60 bits per heavy atom. The van der Waals surface area contributed by atoms with E-state index in [1.807, 2.05) is 0 Å². The van der Waals surface area contributed by atoms with Gasteiger partial charge >= 0.3 is 0 Å². The first-order valence-electron chi connectivity index (χ1n) is 4.85. The van der Waals surface area contributed by atoms with Crippen LogP contribution in [0.15, 0.2) is 23.1 Å². The maximum Gasteiger partial charge on any atom is 0.175 e. The highest BCUT2D eigenvalue weighted by atomic mass is 32.2. The number of carbonyl (C=O) groups is 1. The van der Waals surface area contributed by atoms with Crippen LogP contribution in [0.5, 0.6) is 0 Å². The maximum absolute atomic E-state index is 11.6. The third-order valence-electron chi connectivity index (χ3n) is 2.66. The largest absolute Gasteiger partial charge is 0.294 e. The number of hydrogen-bond donors (Lipinski definition) is 0. The molecule has 3 nitrogen and oxygen atoms in total. The maximum atomic E-state index is 11.6. The molecule has 0 aliphatic heterocycles. The number of carbonyl (C=O) groups excluding carboxylic acids is 1. The minimum atomic E-state index is -3.22. The molecule has 1 aliphatic carbocycles. The van der Waals surface area contributed by atoms with E-state index >= 15 is 0 Å². The van der Waals surface area contributed by atoms with Crippen LogP contribution in [0, 0.1) is 0 Å². The third kappa shape index (κ3) is 1.81. The number of ketones is 1. The van der Waals surface area contributed by atoms with Gasteiger partial charge in [-0.2, -0.15) is 0 Å². The standard InChI is InChI=1S/C11H12O3S/c1-15(13,14)11-7-3-4-8-9(11)5-2-6-10(8)12/h3-4,7H,2,5-6H2,1H3. The van der Waals surface area contributed by atoms with Gasteiger partial charge in [0.05, 0.1) is 4.90 Å². The summed E-state index contributed by atoms with van der Waals surface area (Å²) in [6, 6.07) is 4.93. The lowest BCUT2D eigenvalue weighted by molar-refractivity contribution is 0.0972. The normalized spacial score (nSPS) is 16.2. The molecule has 0 aromatic heterocycles. The van der Waals surface area contributed by atoms with E-state index in [0.717, 1.165) is 6.42 Å². The van der Waals surface area contributed by atoms with E-state index in [2.05, 4.69) is 0 Å². The Morgan fingerprint density at radius 1 is 1.20 bits per heavy atom. The van der Waals surface area contributed by atoms with Crippen LogP contribution >= 0.6 is 0 Å². The zero-order valence-corrected chi connectivity index (χ0v) is 9.30. The Balaban J connectivity index is 2.70. The molecule has 1 aromatic carbocycles. The Bertz CT molecular complexity index is 515. The second-order valence-corrected chi connectivity index (χ2v) is 5.82. The van der Waals surface area contributed by atoms with E-state index in [4.69, 9.17) is 0 Å². The van der Waals surface area contributed by atoms with E-state index in [-0.39, 0.29) is 5.78 Å². The lowest BCUT2D eigenvalue weighted by Gasteiger charge is -2.17. The molecule has 0 N–H and O–H groups in total. The summed E-state index contributed by atoms with van der Waals surface area (Å²) in [6.07, 6.45) is 3.14. The van der Waals surface area contributed by atoms with Crippen LogP contribution in [0.1, 0.15) is 28.8 Å². The van der Waals surface area contributed by atoms with Crippen LogP contribution in [-0.4, -0.2) is 20.5 Å². The van der Waals surface area contributed by atoms with Crippen molar-refractivity contribution in [1.82, 2.24) is 0 Å². The minimum absolute atomic E-state index is 0.0572. The number of rotatable bonds is 1. The van der Waals surface area contributed by atoms with E-state index in [0.29, 0.717) is 28.9 Å². The van der Waals surface area contributed by atoms with Crippen LogP contribution in [0.3, 0.4) is 0 Å². The Kier molecular flexibility index (Phi) is 2.38. The van der Waals surface area contributed by atoms with Crippen LogP contribution < -0.4 is 0 Å². The lowest BCUT2D eigenvalue weighted by atomic mass is 9.91. The van der Waals surface area contributed by atoms with Gasteiger partial charge in [-0.1, -0.05) is 12.1 Å². The van der Waals surface area contributed by atoms with Crippen molar-refractivity contribution >= 4 is 15.6 Å². The molecule has 4 heteroatoms. The molecule has 2 rings (SSSR count). The number of Topliss-reactive ketones (excluding diaryl/α,β-unsaturated/α-hetero) is 1. The van der Waals surface area contributed by atoms with Gasteiger partial charge in [-0.05, 0) is 24.5 Å². The summed E-state index contributed by atoms with van der Waals surface area (Å²) in [7, 11) is -3.22. The van der Waals surface area contributed by atoms with E-state index < -0.39 is 9.84 Å². The molecular weight excluding hydrogens is 212 g/mol. The molecule has 0 bridgehead atoms. The highest BCUT2D eigenvalue weighted by molar-refractivity contribution is 7.90. The summed E-state index contributed by atoms with van der Waals surface area (Å²) in [6.45, 7) is 0. The SMILES string of the molecule is CS(=O)(=O)c1cccc2c1CCCC2=O. The zero-order chi connectivity index (χ0) is 11.1. The zero-order valence-electron chi connectivity index (χ0n) is 8.49. The molecule has 0 spiro atoms. The van der Waals surface area contributed by atoms with Crippen LogP contribution in [0.4, 0.5) is 0 Å². The van der Waals surface area contributed by atoms with Crippen LogP contribution in [-0.2, 0) is 16.3 Å². The van der Waals surface area contributed by atoms with Crippen molar-refractivity contribution in [3.8, 4) is 0 Å². The third-order valence-corrected chi connectivity index (χ3v) is 3.84. The second-order valence-electron chi connectivity index (χ2n) is 3.83. The fourth-order valence-corrected chi connectivity index (χ4v) is 2.98. The van der Waals surface area contributed by atoms with Gasteiger partial charge in [0.25, 0.3) is 0 Å². The number of benzene rings is 1. The van der Waals surface area contributed by atoms with Gasteiger partial charge in [-0.15, -0.1) is 0 Å². The van der Waals surface area contributed by atoms with Gasteiger partial charge in [0.2, 0.25) is 0 Å². The minimum Gasteiger partial charge on any atom is -0.294 e. The first-order chi connectivity index (χ1) is 7.00. The second kappa shape index (κ2) is 3.45. The van der Waals surface area contributed by atoms with E-state index in [1.54, 1.807) is 18.2 Å². The summed E-state index contributed by atoms with van der Waals surface area (Å²) >= 11 is 0. The van der Waals surface area contributed by atoms with Crippen molar-refractivity contribution in [2.24, 2.45) is 0 Å². The number of hydrogen-bond acceptors (Lipinski definition) is 3. The summed E-state index contributed by atoms with van der Waals surface area (Å²) in [5.41, 5.74) is 1.29. The van der Waals surface area contributed by atoms with Gasteiger partial charge in [-0.3, -0.25) is 4.79 Å². The average molecular weight is 224 g/mol. The molecule has 0 saturated heterocycles. The van der Waals surface area contributed by atoms with E-state index in [1.165, 1.54) is 6.26 Å². The highest BCUT2D eigenvalue weighted by Crippen LogP contribution is 2.27. The molecule has 0 amide bonds.